The normalized spacial score (nSPS) is 19.7. The molecule has 1 fully saturated rings. The third kappa shape index (κ3) is 2.90. The minimum absolute atomic E-state index is 0.278. The van der Waals surface area contributed by atoms with E-state index in [9.17, 15) is 0 Å². The maximum absolute atomic E-state index is 8.72. The van der Waals surface area contributed by atoms with E-state index < -0.39 is 0 Å². The van der Waals surface area contributed by atoms with Crippen LogP contribution < -0.4 is 4.90 Å². The summed E-state index contributed by atoms with van der Waals surface area (Å²) < 4.78 is 0.693. The zero-order valence-electron chi connectivity index (χ0n) is 6.99. The number of hydrogen-bond acceptors (Lipinski definition) is 2. The lowest BCUT2D eigenvalue weighted by atomic mass is 10.3. The smallest absolute Gasteiger partial charge is 0.133 e. The third-order valence-electron chi connectivity index (χ3n) is 2.21. The maximum Gasteiger partial charge on any atom is 0.133 e. The van der Waals surface area contributed by atoms with Gasteiger partial charge in [-0.3, -0.25) is 0 Å². The van der Waals surface area contributed by atoms with Gasteiger partial charge in [-0.1, -0.05) is 12.2 Å². The van der Waals surface area contributed by atoms with Gasteiger partial charge >= 0.3 is 0 Å². The molecule has 0 unspecified atom stereocenters. The van der Waals surface area contributed by atoms with Gasteiger partial charge in [0.05, 0.1) is 32.8 Å². The average Bonchev–Trinajstić information content (AvgIpc) is 2.06. The molecule has 0 spiro atoms. The minimum Gasteiger partial charge on any atom is -0.391 e. The van der Waals surface area contributed by atoms with Crippen molar-refractivity contribution < 1.29 is 10.0 Å². The number of rotatable bonds is 2. The Hall–Kier alpha value is 0.160. The Morgan fingerprint density at radius 2 is 2.08 bits per heavy atom. The first-order valence-electron chi connectivity index (χ1n) is 4.16. The van der Waals surface area contributed by atoms with Gasteiger partial charge in [0, 0.05) is 0 Å². The van der Waals surface area contributed by atoms with E-state index in [4.69, 9.17) is 17.3 Å². The van der Waals surface area contributed by atoms with E-state index in [0.717, 1.165) is 32.7 Å². The van der Waals surface area contributed by atoms with Crippen molar-refractivity contribution in [1.29, 1.82) is 0 Å². The van der Waals surface area contributed by atoms with Crippen molar-refractivity contribution in [3.63, 3.8) is 0 Å². The summed E-state index contributed by atoms with van der Waals surface area (Å²) in [6.07, 6.45) is 0. The number of nitrogens with zero attached hydrogens (tertiary/aromatic N) is 1. The predicted octanol–water partition coefficient (Wildman–Crippen LogP) is -1.61. The lowest BCUT2D eigenvalue weighted by molar-refractivity contribution is -0.904. The van der Waals surface area contributed by atoms with Crippen LogP contribution in [0.1, 0.15) is 0 Å². The van der Waals surface area contributed by atoms with Crippen LogP contribution in [0.2, 0.25) is 0 Å². The summed E-state index contributed by atoms with van der Waals surface area (Å²) in [5.41, 5.74) is 0. The molecular weight excluding hydrogens is 192 g/mol. The van der Waals surface area contributed by atoms with Gasteiger partial charge in [-0.15, -0.1) is 12.6 Å². The molecule has 12 heavy (non-hydrogen) atoms. The highest BCUT2D eigenvalue weighted by Crippen LogP contribution is 1.95. The second-order valence-corrected chi connectivity index (χ2v) is 4.11. The lowest BCUT2D eigenvalue weighted by Gasteiger charge is -2.32. The summed E-state index contributed by atoms with van der Waals surface area (Å²) in [5, 5.41) is 8.72. The Balaban J connectivity index is 2.25. The third-order valence-corrected chi connectivity index (χ3v) is 2.75. The number of aliphatic hydroxyl groups excluding tert-OH is 1. The molecule has 0 radical (unpaired) electrons. The highest BCUT2D eigenvalue weighted by molar-refractivity contribution is 8.10. The predicted molar refractivity (Wildman–Crippen MR) is 55.8 cm³/mol. The van der Waals surface area contributed by atoms with E-state index >= 15 is 0 Å². The largest absolute Gasteiger partial charge is 0.391 e. The van der Waals surface area contributed by atoms with Gasteiger partial charge in [0.1, 0.15) is 10.9 Å². The summed E-state index contributed by atoms with van der Waals surface area (Å²) in [6, 6.07) is 0. The SMILES string of the molecule is OCC[NH+]1CCN(C(=S)S)CC1. The molecule has 0 aromatic carbocycles. The first kappa shape index (κ1) is 10.2. The molecule has 0 bridgehead atoms. The van der Waals surface area contributed by atoms with Crippen LogP contribution in [0, 0.1) is 0 Å². The van der Waals surface area contributed by atoms with Crippen molar-refractivity contribution in [2.75, 3.05) is 39.3 Å². The molecule has 0 aliphatic carbocycles. The second kappa shape index (κ2) is 5.01. The molecule has 1 saturated heterocycles. The molecule has 0 amide bonds. The zero-order valence-corrected chi connectivity index (χ0v) is 8.70. The molecular formula is C7H15N2OS2+. The summed E-state index contributed by atoms with van der Waals surface area (Å²) in [7, 11) is 0. The van der Waals surface area contributed by atoms with Gasteiger partial charge in [-0.25, -0.2) is 0 Å². The summed E-state index contributed by atoms with van der Waals surface area (Å²) >= 11 is 9.07. The van der Waals surface area contributed by atoms with Crippen molar-refractivity contribution in [2.45, 2.75) is 0 Å². The molecule has 0 saturated carbocycles. The molecule has 1 heterocycles. The average molecular weight is 207 g/mol. The lowest BCUT2D eigenvalue weighted by Crippen LogP contribution is -3.15. The molecule has 0 aromatic heterocycles. The van der Waals surface area contributed by atoms with Crippen molar-refractivity contribution in [3.05, 3.63) is 0 Å². The fourth-order valence-corrected chi connectivity index (χ4v) is 1.80. The fourth-order valence-electron chi connectivity index (χ4n) is 1.42. The molecule has 1 aliphatic rings. The van der Waals surface area contributed by atoms with E-state index in [1.165, 1.54) is 4.90 Å². The number of quaternary nitrogens is 1. The van der Waals surface area contributed by atoms with Crippen molar-refractivity contribution in [2.24, 2.45) is 0 Å². The Kier molecular flexibility index (Phi) is 4.28. The Bertz CT molecular complexity index is 157. The van der Waals surface area contributed by atoms with Gasteiger partial charge in [-0.05, 0) is 0 Å². The summed E-state index contributed by atoms with van der Waals surface area (Å²) in [5.74, 6) is 0. The standard InChI is InChI=1S/C7H14N2OS2/c10-6-5-8-1-3-9(4-2-8)7(11)12/h10H,1-6H2,(H,11,12)/p+1. The van der Waals surface area contributed by atoms with Gasteiger partial charge in [0.15, 0.2) is 0 Å². The summed E-state index contributed by atoms with van der Waals surface area (Å²) in [6.45, 7) is 5.19. The molecule has 1 aliphatic heterocycles. The molecule has 0 aromatic rings. The Morgan fingerprint density at radius 1 is 1.50 bits per heavy atom. The number of thiol groups is 1. The molecule has 2 N–H and O–H groups in total. The second-order valence-electron chi connectivity index (χ2n) is 2.99. The van der Waals surface area contributed by atoms with E-state index in [-0.39, 0.29) is 6.61 Å². The molecule has 70 valence electrons. The topological polar surface area (TPSA) is 27.9 Å². The number of nitrogens with one attached hydrogen (secondary N) is 1. The minimum atomic E-state index is 0.278. The molecule has 3 nitrogen and oxygen atoms in total. The van der Waals surface area contributed by atoms with Crippen LogP contribution in [0.15, 0.2) is 0 Å². The Morgan fingerprint density at radius 3 is 2.50 bits per heavy atom. The first-order chi connectivity index (χ1) is 5.74. The molecule has 1 rings (SSSR count). The molecule has 0 atom stereocenters. The fraction of sp³-hybridized carbons (Fsp3) is 0.857. The van der Waals surface area contributed by atoms with Crippen molar-refractivity contribution in [1.82, 2.24) is 4.90 Å². The van der Waals surface area contributed by atoms with E-state index in [1.807, 2.05) is 0 Å². The first-order valence-corrected chi connectivity index (χ1v) is 5.02. The highest BCUT2D eigenvalue weighted by atomic mass is 32.1. The summed E-state index contributed by atoms with van der Waals surface area (Å²) in [4.78, 5) is 3.55. The monoisotopic (exact) mass is 207 g/mol. The zero-order chi connectivity index (χ0) is 8.97. The van der Waals surface area contributed by atoms with Gasteiger partial charge < -0.3 is 14.9 Å². The van der Waals surface area contributed by atoms with E-state index in [0.29, 0.717) is 4.32 Å². The maximum atomic E-state index is 8.72. The van der Waals surface area contributed by atoms with Crippen LogP contribution in [-0.2, 0) is 0 Å². The Labute approximate surface area is 83.8 Å². The van der Waals surface area contributed by atoms with Gasteiger partial charge in [-0.2, -0.15) is 0 Å². The quantitative estimate of drug-likeness (QED) is 0.376. The van der Waals surface area contributed by atoms with Crippen LogP contribution in [-0.4, -0.2) is 53.7 Å². The van der Waals surface area contributed by atoms with E-state index in [2.05, 4.69) is 17.5 Å². The van der Waals surface area contributed by atoms with Crippen molar-refractivity contribution in [3.8, 4) is 0 Å². The van der Waals surface area contributed by atoms with E-state index in [1.54, 1.807) is 0 Å². The van der Waals surface area contributed by atoms with Gasteiger partial charge in [0.25, 0.3) is 0 Å². The van der Waals surface area contributed by atoms with Crippen LogP contribution in [0.4, 0.5) is 0 Å². The van der Waals surface area contributed by atoms with Crippen LogP contribution >= 0.6 is 24.8 Å². The van der Waals surface area contributed by atoms with Crippen LogP contribution in [0.3, 0.4) is 0 Å². The van der Waals surface area contributed by atoms with Crippen LogP contribution in [0.25, 0.3) is 0 Å². The number of thiocarbonyl (C=S) groups is 1. The van der Waals surface area contributed by atoms with Crippen LogP contribution in [0.5, 0.6) is 0 Å². The molecule has 5 heteroatoms. The van der Waals surface area contributed by atoms with Gasteiger partial charge in [0.2, 0.25) is 0 Å². The highest BCUT2D eigenvalue weighted by Gasteiger charge is 2.19. The number of piperazine rings is 1. The van der Waals surface area contributed by atoms with Crippen molar-refractivity contribution >= 4 is 29.2 Å². The number of hydrogen-bond donors (Lipinski definition) is 3. The number of aliphatic hydroxyl groups is 1.